The Morgan fingerprint density at radius 2 is 1.88 bits per heavy atom. The first kappa shape index (κ1) is 17.8. The van der Waals surface area contributed by atoms with Crippen molar-refractivity contribution in [3.63, 3.8) is 0 Å². The number of amides is 1. The zero-order valence-electron chi connectivity index (χ0n) is 13.6. The zero-order valence-corrected chi connectivity index (χ0v) is 13.6. The smallest absolute Gasteiger partial charge is 0.327 e. The predicted molar refractivity (Wildman–Crippen MR) is 81.9 cm³/mol. The van der Waals surface area contributed by atoms with Gasteiger partial charge in [-0.25, -0.2) is 0 Å². The molecule has 130 valence electrons. The van der Waals surface area contributed by atoms with Crippen molar-refractivity contribution in [3.8, 4) is 0 Å². The Hall–Kier alpha value is -2.58. The van der Waals surface area contributed by atoms with Crippen LogP contribution in [-0.4, -0.2) is 20.7 Å². The van der Waals surface area contributed by atoms with Gasteiger partial charge in [-0.1, -0.05) is 20.8 Å². The van der Waals surface area contributed by atoms with Crippen LogP contribution >= 0.6 is 0 Å². The minimum absolute atomic E-state index is 0.136. The molecule has 2 N–H and O–H groups in total. The number of aryl methyl sites for hydroxylation is 1. The van der Waals surface area contributed by atoms with Crippen LogP contribution in [-0.2, 0) is 18.6 Å². The lowest BCUT2D eigenvalue weighted by Crippen LogP contribution is -2.23. The number of aromatic nitrogens is 3. The average Bonchev–Trinajstić information content (AvgIpc) is 2.82. The largest absolute Gasteiger partial charge is 0.417 e. The molecular formula is C15H17F3N4O2. The summed E-state index contributed by atoms with van der Waals surface area (Å²) in [5.41, 5.74) is -1.88. The van der Waals surface area contributed by atoms with Crippen LogP contribution in [0.2, 0.25) is 0 Å². The third-order valence-electron chi connectivity index (χ3n) is 3.36. The van der Waals surface area contributed by atoms with Gasteiger partial charge in [-0.15, -0.1) is 0 Å². The number of halogens is 3. The van der Waals surface area contributed by atoms with Crippen LogP contribution in [0.4, 0.5) is 18.9 Å². The molecule has 0 unspecified atom stereocenters. The topological polar surface area (TPSA) is 79.8 Å². The standard InChI is InChI=1S/C15H17F3N4O2/c1-14(2,3)11-6-10(22(4)21-11)13(24)20-9-5-8(15(16,17)18)7-19-12(9)23/h5-7H,1-4H3,(H,19,23)(H,20,24). The lowest BCUT2D eigenvalue weighted by molar-refractivity contribution is -0.137. The molecular weight excluding hydrogens is 325 g/mol. The fourth-order valence-electron chi connectivity index (χ4n) is 1.97. The van der Waals surface area contributed by atoms with Crippen LogP contribution < -0.4 is 10.9 Å². The van der Waals surface area contributed by atoms with E-state index in [9.17, 15) is 22.8 Å². The summed E-state index contributed by atoms with van der Waals surface area (Å²) in [5, 5.41) is 6.41. The number of hydrogen-bond acceptors (Lipinski definition) is 3. The molecule has 1 amide bonds. The lowest BCUT2D eigenvalue weighted by atomic mass is 9.92. The van der Waals surface area contributed by atoms with E-state index in [1.165, 1.54) is 10.7 Å². The minimum Gasteiger partial charge on any atom is -0.327 e. The molecule has 2 aromatic rings. The minimum atomic E-state index is -4.63. The van der Waals surface area contributed by atoms with Crippen molar-refractivity contribution < 1.29 is 18.0 Å². The number of aromatic amines is 1. The van der Waals surface area contributed by atoms with Crippen molar-refractivity contribution in [2.75, 3.05) is 5.32 Å². The predicted octanol–water partition coefficient (Wildman–Crippen LogP) is 2.68. The zero-order chi connectivity index (χ0) is 18.3. The Morgan fingerprint density at radius 3 is 2.38 bits per heavy atom. The van der Waals surface area contributed by atoms with Gasteiger partial charge in [0.25, 0.3) is 11.5 Å². The lowest BCUT2D eigenvalue weighted by Gasteiger charge is -2.13. The number of anilines is 1. The maximum absolute atomic E-state index is 12.7. The first-order valence-electron chi connectivity index (χ1n) is 7.05. The third kappa shape index (κ3) is 3.66. The van der Waals surface area contributed by atoms with Gasteiger partial charge in [-0.05, 0) is 12.1 Å². The van der Waals surface area contributed by atoms with Crippen molar-refractivity contribution in [1.82, 2.24) is 14.8 Å². The van der Waals surface area contributed by atoms with Gasteiger partial charge in [0.2, 0.25) is 0 Å². The SMILES string of the molecule is Cn1nc(C(C)(C)C)cc1C(=O)Nc1cc(C(F)(F)F)c[nH]c1=O. The highest BCUT2D eigenvalue weighted by Crippen LogP contribution is 2.29. The fourth-order valence-corrected chi connectivity index (χ4v) is 1.97. The molecule has 0 spiro atoms. The van der Waals surface area contributed by atoms with Crippen molar-refractivity contribution in [2.24, 2.45) is 7.05 Å². The van der Waals surface area contributed by atoms with Crippen LogP contribution in [0.1, 0.15) is 42.5 Å². The molecule has 0 fully saturated rings. The van der Waals surface area contributed by atoms with Gasteiger partial charge in [0.1, 0.15) is 11.4 Å². The van der Waals surface area contributed by atoms with Crippen LogP contribution in [0.15, 0.2) is 23.1 Å². The van der Waals surface area contributed by atoms with E-state index in [-0.39, 0.29) is 11.1 Å². The quantitative estimate of drug-likeness (QED) is 0.881. The molecule has 0 atom stereocenters. The van der Waals surface area contributed by atoms with Gasteiger partial charge in [0.15, 0.2) is 0 Å². The van der Waals surface area contributed by atoms with Crippen molar-refractivity contribution in [2.45, 2.75) is 32.4 Å². The van der Waals surface area contributed by atoms with Crippen LogP contribution in [0.3, 0.4) is 0 Å². The van der Waals surface area contributed by atoms with Gasteiger partial charge >= 0.3 is 6.18 Å². The second kappa shape index (κ2) is 5.81. The molecule has 6 nitrogen and oxygen atoms in total. The second-order valence-corrected chi connectivity index (χ2v) is 6.37. The van der Waals surface area contributed by atoms with Crippen molar-refractivity contribution in [1.29, 1.82) is 0 Å². The summed E-state index contributed by atoms with van der Waals surface area (Å²) in [7, 11) is 1.54. The van der Waals surface area contributed by atoms with Gasteiger partial charge in [0, 0.05) is 18.7 Å². The summed E-state index contributed by atoms with van der Waals surface area (Å²) >= 11 is 0. The van der Waals surface area contributed by atoms with Crippen LogP contribution in [0, 0.1) is 0 Å². The molecule has 0 bridgehead atoms. The molecule has 2 rings (SSSR count). The molecule has 0 aliphatic rings. The summed E-state index contributed by atoms with van der Waals surface area (Å²) in [6.45, 7) is 5.73. The van der Waals surface area contributed by atoms with E-state index in [1.54, 1.807) is 7.05 Å². The second-order valence-electron chi connectivity index (χ2n) is 6.37. The summed E-state index contributed by atoms with van der Waals surface area (Å²) in [5.74, 6) is -0.717. The number of nitrogens with zero attached hydrogens (tertiary/aromatic N) is 2. The van der Waals surface area contributed by atoms with Crippen molar-refractivity contribution >= 4 is 11.6 Å². The number of carbonyl (C=O) groups is 1. The number of pyridine rings is 1. The first-order valence-corrected chi connectivity index (χ1v) is 7.05. The Kier molecular flexibility index (Phi) is 4.30. The maximum Gasteiger partial charge on any atom is 0.417 e. The molecule has 0 radical (unpaired) electrons. The van der Waals surface area contributed by atoms with E-state index in [1.807, 2.05) is 25.8 Å². The van der Waals surface area contributed by atoms with E-state index >= 15 is 0 Å². The van der Waals surface area contributed by atoms with Gasteiger partial charge in [0.05, 0.1) is 11.3 Å². The summed E-state index contributed by atoms with van der Waals surface area (Å²) < 4.78 is 39.4. The molecule has 0 aromatic carbocycles. The average molecular weight is 342 g/mol. The molecule has 9 heteroatoms. The van der Waals surface area contributed by atoms with E-state index in [0.29, 0.717) is 18.0 Å². The van der Waals surface area contributed by atoms with E-state index < -0.39 is 28.9 Å². The fraction of sp³-hybridized carbons (Fsp3) is 0.400. The van der Waals surface area contributed by atoms with E-state index in [4.69, 9.17) is 0 Å². The first-order chi connectivity index (χ1) is 10.9. The highest BCUT2D eigenvalue weighted by atomic mass is 19.4. The summed E-state index contributed by atoms with van der Waals surface area (Å²) in [6.07, 6.45) is -4.07. The van der Waals surface area contributed by atoms with Crippen molar-refractivity contribution in [3.05, 3.63) is 45.6 Å². The number of carbonyl (C=O) groups excluding carboxylic acids is 1. The number of rotatable bonds is 2. The van der Waals surface area contributed by atoms with Crippen LogP contribution in [0.25, 0.3) is 0 Å². The van der Waals surface area contributed by atoms with E-state index in [2.05, 4.69) is 10.4 Å². The number of nitrogens with one attached hydrogen (secondary N) is 2. The van der Waals surface area contributed by atoms with Gasteiger partial charge < -0.3 is 10.3 Å². The monoisotopic (exact) mass is 342 g/mol. The Bertz CT molecular complexity index is 828. The van der Waals surface area contributed by atoms with Gasteiger partial charge in [-0.3, -0.25) is 14.3 Å². The Labute approximate surface area is 135 Å². The third-order valence-corrected chi connectivity index (χ3v) is 3.36. The van der Waals surface area contributed by atoms with E-state index in [0.717, 1.165) is 0 Å². The molecule has 0 saturated carbocycles. The van der Waals surface area contributed by atoms with Gasteiger partial charge in [-0.2, -0.15) is 18.3 Å². The number of hydrogen-bond donors (Lipinski definition) is 2. The Balaban J connectivity index is 2.34. The molecule has 24 heavy (non-hydrogen) atoms. The van der Waals surface area contributed by atoms with Crippen LogP contribution in [0.5, 0.6) is 0 Å². The molecule has 0 saturated heterocycles. The molecule has 0 aliphatic heterocycles. The molecule has 2 aromatic heterocycles. The highest BCUT2D eigenvalue weighted by Gasteiger charge is 2.31. The normalized spacial score (nSPS) is 12.3. The number of alkyl halides is 3. The summed E-state index contributed by atoms with van der Waals surface area (Å²) in [6, 6.07) is 2.13. The number of H-pyrrole nitrogens is 1. The maximum atomic E-state index is 12.7. The molecule has 2 heterocycles. The Morgan fingerprint density at radius 1 is 1.25 bits per heavy atom. The highest BCUT2D eigenvalue weighted by molar-refractivity contribution is 6.03. The molecule has 0 aliphatic carbocycles. The summed E-state index contributed by atoms with van der Waals surface area (Å²) in [4.78, 5) is 25.9.